The van der Waals surface area contributed by atoms with Gasteiger partial charge in [0.1, 0.15) is 5.78 Å². The van der Waals surface area contributed by atoms with Crippen molar-refractivity contribution in [2.45, 2.75) is 26.7 Å². The molecular formula is C11H15NO2. The van der Waals surface area contributed by atoms with Crippen LogP contribution in [0.25, 0.3) is 0 Å². The molecule has 1 aliphatic rings. The summed E-state index contributed by atoms with van der Waals surface area (Å²) in [6, 6.07) is 0. The van der Waals surface area contributed by atoms with Crippen molar-refractivity contribution in [2.24, 2.45) is 11.7 Å². The Morgan fingerprint density at radius 1 is 1.64 bits per heavy atom. The Labute approximate surface area is 83.7 Å². The van der Waals surface area contributed by atoms with E-state index < -0.39 is 0 Å². The topological polar surface area (TPSA) is 60.2 Å². The summed E-state index contributed by atoms with van der Waals surface area (Å²) in [7, 11) is 0. The minimum atomic E-state index is -0.0378. The molecule has 0 aliphatic heterocycles. The standard InChI is InChI=1S/C11H15NO2/c1-7(8(2)13)5-9-3-4-11(14)10(12)6-9/h3,6-7H,4-5,12H2,1-2H3. The molecule has 0 spiro atoms. The van der Waals surface area contributed by atoms with E-state index in [2.05, 4.69) is 0 Å². The third kappa shape index (κ3) is 2.55. The molecule has 0 saturated heterocycles. The van der Waals surface area contributed by atoms with Gasteiger partial charge < -0.3 is 5.73 Å². The summed E-state index contributed by atoms with van der Waals surface area (Å²) in [6.07, 6.45) is 4.55. The van der Waals surface area contributed by atoms with Crippen LogP contribution in [0.2, 0.25) is 0 Å². The maximum Gasteiger partial charge on any atom is 0.182 e. The van der Waals surface area contributed by atoms with Crippen LogP contribution in [0.4, 0.5) is 0 Å². The fraction of sp³-hybridized carbons (Fsp3) is 0.455. The van der Waals surface area contributed by atoms with Crippen molar-refractivity contribution in [3.8, 4) is 0 Å². The first-order chi connectivity index (χ1) is 6.50. The van der Waals surface area contributed by atoms with Crippen LogP contribution in [0.3, 0.4) is 0 Å². The molecule has 3 nitrogen and oxygen atoms in total. The summed E-state index contributed by atoms with van der Waals surface area (Å²) in [5.41, 5.74) is 6.80. The van der Waals surface area contributed by atoms with Crippen molar-refractivity contribution in [3.05, 3.63) is 23.4 Å². The molecular weight excluding hydrogens is 178 g/mol. The number of Topliss-reactive ketones (excluding diaryl/α,β-unsaturated/α-hetero) is 2. The maximum absolute atomic E-state index is 11.1. The molecule has 0 fully saturated rings. The highest BCUT2D eigenvalue weighted by Crippen LogP contribution is 2.19. The molecule has 76 valence electrons. The van der Waals surface area contributed by atoms with Gasteiger partial charge in [-0.25, -0.2) is 0 Å². The van der Waals surface area contributed by atoms with E-state index in [1.807, 2.05) is 13.0 Å². The monoisotopic (exact) mass is 193 g/mol. The molecule has 1 aliphatic carbocycles. The summed E-state index contributed by atoms with van der Waals surface area (Å²) in [5, 5.41) is 0. The van der Waals surface area contributed by atoms with Crippen molar-refractivity contribution in [3.63, 3.8) is 0 Å². The number of hydrogen-bond donors (Lipinski definition) is 1. The van der Waals surface area contributed by atoms with Gasteiger partial charge in [-0.1, -0.05) is 13.0 Å². The van der Waals surface area contributed by atoms with Crippen LogP contribution in [0.5, 0.6) is 0 Å². The number of allylic oxidation sites excluding steroid dienone is 4. The summed E-state index contributed by atoms with van der Waals surface area (Å²) < 4.78 is 0. The second-order valence-electron chi connectivity index (χ2n) is 3.72. The predicted octanol–water partition coefficient (Wildman–Crippen LogP) is 1.34. The van der Waals surface area contributed by atoms with Crippen molar-refractivity contribution in [1.82, 2.24) is 0 Å². The number of hydrogen-bond acceptors (Lipinski definition) is 3. The summed E-state index contributed by atoms with van der Waals surface area (Å²) in [6.45, 7) is 3.45. The average Bonchev–Trinajstić information content (AvgIpc) is 2.11. The zero-order valence-electron chi connectivity index (χ0n) is 8.54. The van der Waals surface area contributed by atoms with Crippen molar-refractivity contribution < 1.29 is 9.59 Å². The Kier molecular flexibility index (Phi) is 3.23. The van der Waals surface area contributed by atoms with Crippen molar-refractivity contribution >= 4 is 11.6 Å². The third-order valence-electron chi connectivity index (χ3n) is 2.45. The number of carbonyl (C=O) groups excluding carboxylic acids is 2. The zero-order chi connectivity index (χ0) is 10.7. The molecule has 0 heterocycles. The molecule has 0 aromatic rings. The van der Waals surface area contributed by atoms with E-state index in [0.29, 0.717) is 18.5 Å². The van der Waals surface area contributed by atoms with Crippen LogP contribution in [0.1, 0.15) is 26.7 Å². The van der Waals surface area contributed by atoms with Gasteiger partial charge in [-0.3, -0.25) is 9.59 Å². The van der Waals surface area contributed by atoms with Crippen molar-refractivity contribution in [2.75, 3.05) is 0 Å². The largest absolute Gasteiger partial charge is 0.396 e. The van der Waals surface area contributed by atoms with Gasteiger partial charge in [0, 0.05) is 12.3 Å². The van der Waals surface area contributed by atoms with Crippen LogP contribution in [-0.2, 0) is 9.59 Å². The molecule has 0 bridgehead atoms. The lowest BCUT2D eigenvalue weighted by Gasteiger charge is -2.12. The smallest absolute Gasteiger partial charge is 0.182 e. The van der Waals surface area contributed by atoms with E-state index in [1.54, 1.807) is 13.0 Å². The van der Waals surface area contributed by atoms with E-state index in [-0.39, 0.29) is 17.5 Å². The second kappa shape index (κ2) is 4.22. The summed E-state index contributed by atoms with van der Waals surface area (Å²) >= 11 is 0. The Morgan fingerprint density at radius 2 is 2.29 bits per heavy atom. The molecule has 1 unspecified atom stereocenters. The van der Waals surface area contributed by atoms with Crippen LogP contribution in [-0.4, -0.2) is 11.6 Å². The summed E-state index contributed by atoms with van der Waals surface area (Å²) in [4.78, 5) is 22.1. The highest BCUT2D eigenvalue weighted by Gasteiger charge is 2.14. The molecule has 3 heteroatoms. The first-order valence-electron chi connectivity index (χ1n) is 4.70. The fourth-order valence-corrected chi connectivity index (χ4v) is 1.32. The molecule has 1 rings (SSSR count). The number of carbonyl (C=O) groups is 2. The Morgan fingerprint density at radius 3 is 2.79 bits per heavy atom. The van der Waals surface area contributed by atoms with Gasteiger partial charge >= 0.3 is 0 Å². The van der Waals surface area contributed by atoms with E-state index >= 15 is 0 Å². The molecule has 0 aromatic carbocycles. The Hall–Kier alpha value is -1.38. The average molecular weight is 193 g/mol. The third-order valence-corrected chi connectivity index (χ3v) is 2.45. The van der Waals surface area contributed by atoms with Gasteiger partial charge in [-0.15, -0.1) is 0 Å². The summed E-state index contributed by atoms with van der Waals surface area (Å²) in [5.74, 6) is 0.123. The van der Waals surface area contributed by atoms with Crippen LogP contribution in [0, 0.1) is 5.92 Å². The quantitative estimate of drug-likeness (QED) is 0.735. The first-order valence-corrected chi connectivity index (χ1v) is 4.70. The Balaban J connectivity index is 2.64. The number of rotatable bonds is 3. The first kappa shape index (κ1) is 10.7. The highest BCUT2D eigenvalue weighted by molar-refractivity contribution is 5.97. The Bertz CT molecular complexity index is 326. The van der Waals surface area contributed by atoms with Crippen molar-refractivity contribution in [1.29, 1.82) is 0 Å². The normalized spacial score (nSPS) is 18.6. The number of nitrogens with two attached hydrogens (primary N) is 1. The second-order valence-corrected chi connectivity index (χ2v) is 3.72. The molecule has 1 atom stereocenters. The van der Waals surface area contributed by atoms with Gasteiger partial charge in [0.25, 0.3) is 0 Å². The van der Waals surface area contributed by atoms with Gasteiger partial charge in [0.05, 0.1) is 5.70 Å². The maximum atomic E-state index is 11.1. The van der Waals surface area contributed by atoms with Gasteiger partial charge in [-0.05, 0) is 25.0 Å². The van der Waals surface area contributed by atoms with Gasteiger partial charge in [-0.2, -0.15) is 0 Å². The van der Waals surface area contributed by atoms with E-state index in [0.717, 1.165) is 5.57 Å². The molecule has 0 radical (unpaired) electrons. The molecule has 0 aromatic heterocycles. The van der Waals surface area contributed by atoms with Crippen LogP contribution >= 0.6 is 0 Å². The van der Waals surface area contributed by atoms with Crippen LogP contribution in [0.15, 0.2) is 23.4 Å². The van der Waals surface area contributed by atoms with Gasteiger partial charge in [0.2, 0.25) is 0 Å². The lowest BCUT2D eigenvalue weighted by molar-refractivity contribution is -0.120. The van der Waals surface area contributed by atoms with E-state index in [4.69, 9.17) is 5.73 Å². The molecule has 2 N–H and O–H groups in total. The van der Waals surface area contributed by atoms with E-state index in [9.17, 15) is 9.59 Å². The van der Waals surface area contributed by atoms with Crippen LogP contribution < -0.4 is 5.73 Å². The van der Waals surface area contributed by atoms with Gasteiger partial charge in [0.15, 0.2) is 5.78 Å². The highest BCUT2D eigenvalue weighted by atomic mass is 16.1. The minimum absolute atomic E-state index is 0.00139. The van der Waals surface area contributed by atoms with E-state index in [1.165, 1.54) is 0 Å². The SMILES string of the molecule is CC(=O)C(C)CC1=CCC(=O)C(N)=C1. The predicted molar refractivity (Wildman–Crippen MR) is 54.4 cm³/mol. The zero-order valence-corrected chi connectivity index (χ0v) is 8.54. The minimum Gasteiger partial charge on any atom is -0.396 e. The lowest BCUT2D eigenvalue weighted by Crippen LogP contribution is -2.15. The molecule has 0 amide bonds. The fourth-order valence-electron chi connectivity index (χ4n) is 1.32. The molecule has 0 saturated carbocycles. The number of ketones is 2. The lowest BCUT2D eigenvalue weighted by atomic mass is 9.93. The molecule has 14 heavy (non-hydrogen) atoms.